The van der Waals surface area contributed by atoms with Crippen LogP contribution in [0.15, 0.2) is 185 Å². The number of hydrogen-bond donors (Lipinski definition) is 0. The Hall–Kier alpha value is -5.80. The summed E-state index contributed by atoms with van der Waals surface area (Å²) in [4.78, 5) is 22.2. The highest BCUT2D eigenvalue weighted by Crippen LogP contribution is 2.54. The summed E-state index contributed by atoms with van der Waals surface area (Å²) < 4.78 is 89.1. The fraction of sp³-hybridized carbons (Fsp3) is 0.0417. The Bertz CT molecular complexity index is 3040. The molecule has 14 heteroatoms. The molecule has 0 fully saturated rings. The summed E-state index contributed by atoms with van der Waals surface area (Å²) in [6.45, 7) is 0. The Morgan fingerprint density at radius 1 is 0.306 bits per heavy atom. The molecular weight excluding hydrogens is 875 g/mol. The maximum atomic E-state index is 14.9. The van der Waals surface area contributed by atoms with Gasteiger partial charge in [-0.25, -0.2) is 19.9 Å². The first-order valence-corrected chi connectivity index (χ1v) is 22.3. The van der Waals surface area contributed by atoms with Gasteiger partial charge in [0.1, 0.15) is 0 Å². The van der Waals surface area contributed by atoms with Gasteiger partial charge in [0, 0.05) is 60.7 Å². The minimum Gasteiger partial charge on any atom is -0.223 e. The van der Waals surface area contributed by atoms with Gasteiger partial charge in [-0.1, -0.05) is 120 Å². The van der Waals surface area contributed by atoms with Crippen LogP contribution in [-0.2, 0) is 12.4 Å². The lowest BCUT2D eigenvalue weighted by atomic mass is 9.88. The molecule has 2 heterocycles. The van der Waals surface area contributed by atoms with Crippen molar-refractivity contribution in [2.45, 2.75) is 51.5 Å². The number of alkyl halides is 6. The minimum absolute atomic E-state index is 0.146. The second-order valence-corrected chi connectivity index (χ2v) is 18.8. The zero-order valence-corrected chi connectivity index (χ0v) is 34.8. The van der Waals surface area contributed by atoms with Crippen LogP contribution >= 0.6 is 47.0 Å². The lowest BCUT2D eigenvalue weighted by Gasteiger charge is -2.23. The van der Waals surface area contributed by atoms with Crippen LogP contribution < -0.4 is 0 Å². The molecule has 11 aromatic rings. The Morgan fingerprint density at radius 2 is 0.532 bits per heavy atom. The number of aromatic nitrogens is 4. The third kappa shape index (κ3) is 6.80. The smallest absolute Gasteiger partial charge is 0.223 e. The second kappa shape index (κ2) is 14.9. The van der Waals surface area contributed by atoms with E-state index in [1.807, 2.05) is 146 Å². The average molecular weight is 899 g/mol. The van der Waals surface area contributed by atoms with Crippen LogP contribution in [0.3, 0.4) is 0 Å². The van der Waals surface area contributed by atoms with Crippen LogP contribution in [0.4, 0.5) is 26.3 Å². The monoisotopic (exact) mass is 898 g/mol. The SMILES string of the molecule is FC(F)(F)c1nc2c(Sc3ccccc3)cc3c4cc(Sc5ccccc5)c5nc(C(F)(F)F)nc6c(Sc7ccccc7)cc(c7cc(Sc8ccccc8)c(n1)c2c37)c4c56. The number of benzene rings is 9. The van der Waals surface area contributed by atoms with Gasteiger partial charge >= 0.3 is 12.4 Å². The third-order valence-corrected chi connectivity index (χ3v) is 14.6. The van der Waals surface area contributed by atoms with E-state index in [2.05, 4.69) is 19.9 Å². The van der Waals surface area contributed by atoms with Crippen molar-refractivity contribution in [2.24, 2.45) is 0 Å². The Balaban J connectivity index is 1.36. The molecular formula is C48H24F6N4S4. The van der Waals surface area contributed by atoms with E-state index in [0.29, 0.717) is 62.7 Å². The summed E-state index contributed by atoms with van der Waals surface area (Å²) in [7, 11) is 0. The number of rotatable bonds is 8. The van der Waals surface area contributed by atoms with Crippen molar-refractivity contribution in [3.05, 3.63) is 157 Å². The van der Waals surface area contributed by atoms with E-state index in [4.69, 9.17) is 0 Å². The Labute approximate surface area is 365 Å². The molecule has 302 valence electrons. The lowest BCUT2D eigenvalue weighted by Crippen LogP contribution is -2.12. The van der Waals surface area contributed by atoms with E-state index in [-0.39, 0.29) is 22.1 Å². The van der Waals surface area contributed by atoms with Gasteiger partial charge in [-0.05, 0) is 94.3 Å². The van der Waals surface area contributed by atoms with Crippen molar-refractivity contribution < 1.29 is 26.3 Å². The molecule has 0 spiro atoms. The summed E-state index contributed by atoms with van der Waals surface area (Å²) in [5.74, 6) is -2.51. The maximum absolute atomic E-state index is 14.9. The van der Waals surface area contributed by atoms with Gasteiger partial charge in [0.2, 0.25) is 11.6 Å². The van der Waals surface area contributed by atoms with E-state index in [9.17, 15) is 26.3 Å². The molecule has 0 saturated carbocycles. The first-order chi connectivity index (χ1) is 30.0. The van der Waals surface area contributed by atoms with Crippen molar-refractivity contribution in [3.8, 4) is 0 Å². The summed E-state index contributed by atoms with van der Waals surface area (Å²) in [6, 6.07) is 44.7. The van der Waals surface area contributed by atoms with Gasteiger partial charge in [-0.15, -0.1) is 0 Å². The predicted octanol–water partition coefficient (Wildman–Crippen LogP) is 15.7. The fourth-order valence-electron chi connectivity index (χ4n) is 7.90. The van der Waals surface area contributed by atoms with Crippen LogP contribution in [0.2, 0.25) is 0 Å². The number of halogens is 6. The van der Waals surface area contributed by atoms with Crippen LogP contribution in [0.1, 0.15) is 11.6 Å². The van der Waals surface area contributed by atoms with E-state index < -0.39 is 24.0 Å². The van der Waals surface area contributed by atoms with Crippen LogP contribution in [-0.4, -0.2) is 19.9 Å². The molecule has 62 heavy (non-hydrogen) atoms. The Kier molecular flexibility index (Phi) is 9.41. The largest absolute Gasteiger partial charge is 0.451 e. The maximum Gasteiger partial charge on any atom is 0.451 e. The van der Waals surface area contributed by atoms with E-state index in [1.54, 1.807) is 0 Å². The van der Waals surface area contributed by atoms with Crippen molar-refractivity contribution in [3.63, 3.8) is 0 Å². The summed E-state index contributed by atoms with van der Waals surface area (Å²) >= 11 is 5.15. The molecule has 0 saturated heterocycles. The van der Waals surface area contributed by atoms with Gasteiger partial charge in [0.05, 0.1) is 22.1 Å². The molecule has 0 radical (unpaired) electrons. The number of fused-ring (bicyclic) bond motifs is 2. The molecule has 0 unspecified atom stereocenters. The predicted molar refractivity (Wildman–Crippen MR) is 237 cm³/mol. The average Bonchev–Trinajstić information content (AvgIpc) is 3.27. The number of nitrogens with zero attached hydrogens (tertiary/aromatic N) is 4. The standard InChI is InChI=1S/C48H24F6N4S4/c49-47(50,51)45-55-41-33(59-25-13-5-1-6-14-25)21-29-30-22-35(61-27-17-9-3-10-18-27)43-40-38(30)32(31-23-34(42(56-45)39(41)37(29)31)60-26-15-7-2-8-16-26)24-36(62-28-19-11-4-12-20-28)44(40)58-46(57-43)48(52,53)54/h1-24H. The third-order valence-electron chi connectivity index (χ3n) is 10.4. The summed E-state index contributed by atoms with van der Waals surface area (Å²) in [5.41, 5.74) is 0.585. The Morgan fingerprint density at radius 3 is 0.742 bits per heavy atom. The molecule has 11 rings (SSSR count). The van der Waals surface area contributed by atoms with Gasteiger partial charge in [-0.3, -0.25) is 0 Å². The van der Waals surface area contributed by atoms with Crippen LogP contribution in [0, 0.1) is 0 Å². The minimum atomic E-state index is -4.85. The topological polar surface area (TPSA) is 51.6 Å². The first-order valence-electron chi connectivity index (χ1n) is 19.0. The van der Waals surface area contributed by atoms with Gasteiger partial charge < -0.3 is 0 Å². The van der Waals surface area contributed by atoms with Gasteiger partial charge in [0.15, 0.2) is 0 Å². The summed E-state index contributed by atoms with van der Waals surface area (Å²) in [5, 5.41) is 4.95. The zero-order chi connectivity index (χ0) is 42.3. The quantitative estimate of drug-likeness (QED) is 0.0849. The molecule has 0 N–H and O–H groups in total. The van der Waals surface area contributed by atoms with E-state index in [1.165, 1.54) is 47.0 Å². The zero-order valence-electron chi connectivity index (χ0n) is 31.5. The van der Waals surface area contributed by atoms with Crippen molar-refractivity contribution in [2.75, 3.05) is 0 Å². The van der Waals surface area contributed by atoms with Crippen molar-refractivity contribution in [1.29, 1.82) is 0 Å². The van der Waals surface area contributed by atoms with Crippen molar-refractivity contribution >= 4 is 112 Å². The summed E-state index contributed by atoms with van der Waals surface area (Å²) in [6.07, 6.45) is -9.71. The molecule has 9 aromatic carbocycles. The molecule has 2 aromatic heterocycles. The molecule has 0 aliphatic carbocycles. The molecule has 0 aliphatic heterocycles. The van der Waals surface area contributed by atoms with Crippen molar-refractivity contribution in [1.82, 2.24) is 19.9 Å². The van der Waals surface area contributed by atoms with Gasteiger partial charge in [0.25, 0.3) is 0 Å². The molecule has 0 bridgehead atoms. The highest BCUT2D eigenvalue weighted by atomic mass is 32.2. The van der Waals surface area contributed by atoms with Crippen LogP contribution in [0.25, 0.3) is 65.2 Å². The van der Waals surface area contributed by atoms with E-state index in [0.717, 1.165) is 19.6 Å². The number of hydrogen-bond acceptors (Lipinski definition) is 8. The highest BCUT2D eigenvalue weighted by Gasteiger charge is 2.38. The van der Waals surface area contributed by atoms with E-state index >= 15 is 0 Å². The fourth-order valence-corrected chi connectivity index (χ4v) is 11.8. The molecule has 0 aliphatic rings. The van der Waals surface area contributed by atoms with Crippen LogP contribution in [0.5, 0.6) is 0 Å². The molecule has 4 nitrogen and oxygen atoms in total. The second-order valence-electron chi connectivity index (χ2n) is 14.3. The highest BCUT2D eigenvalue weighted by molar-refractivity contribution is 8.00. The first kappa shape index (κ1) is 39.1. The molecule has 0 amide bonds. The lowest BCUT2D eigenvalue weighted by molar-refractivity contribution is -0.145. The van der Waals surface area contributed by atoms with Gasteiger partial charge in [-0.2, -0.15) is 26.3 Å². The normalized spacial score (nSPS) is 12.6. The molecule has 0 atom stereocenters.